The van der Waals surface area contributed by atoms with Crippen LogP contribution in [-0.4, -0.2) is 47.8 Å². The topological polar surface area (TPSA) is 56.3 Å². The summed E-state index contributed by atoms with van der Waals surface area (Å²) in [4.78, 5) is 6.77. The van der Waals surface area contributed by atoms with Gasteiger partial charge in [0.2, 0.25) is 0 Å². The van der Waals surface area contributed by atoms with E-state index >= 15 is 0 Å². The predicted molar refractivity (Wildman–Crippen MR) is 76.0 cm³/mol. The quantitative estimate of drug-likeness (QED) is 0.846. The van der Waals surface area contributed by atoms with Crippen molar-refractivity contribution in [1.82, 2.24) is 14.5 Å². The summed E-state index contributed by atoms with van der Waals surface area (Å²) in [6.45, 7) is 8.00. The maximum Gasteiger partial charge on any atom is 0.0951 e. The average molecular weight is 266 g/mol. The van der Waals surface area contributed by atoms with Gasteiger partial charge < -0.3 is 15.0 Å². The van der Waals surface area contributed by atoms with Crippen molar-refractivity contribution >= 4 is 0 Å². The minimum absolute atomic E-state index is 0.270. The molecular formula is C14H26N4O. The summed E-state index contributed by atoms with van der Waals surface area (Å²) in [5.74, 6) is 0.634. The molecule has 0 aromatic carbocycles. The van der Waals surface area contributed by atoms with E-state index < -0.39 is 0 Å². The van der Waals surface area contributed by atoms with Gasteiger partial charge in [-0.2, -0.15) is 0 Å². The number of aromatic nitrogens is 2. The molecule has 1 aliphatic heterocycles. The number of ether oxygens (including phenoxy) is 1. The third-order valence-electron chi connectivity index (χ3n) is 3.98. The highest BCUT2D eigenvalue weighted by molar-refractivity contribution is 5.08. The molecule has 2 unspecified atom stereocenters. The summed E-state index contributed by atoms with van der Waals surface area (Å²) < 4.78 is 7.49. The molecule has 0 radical (unpaired) electrons. The maximum atomic E-state index is 6.02. The van der Waals surface area contributed by atoms with Crippen molar-refractivity contribution < 1.29 is 4.74 Å². The van der Waals surface area contributed by atoms with Gasteiger partial charge in [-0.25, -0.2) is 4.98 Å². The largest absolute Gasteiger partial charge is 0.384 e. The number of likely N-dealkylation sites (tertiary alicyclic amines) is 1. The number of hydrogen-bond acceptors (Lipinski definition) is 4. The van der Waals surface area contributed by atoms with Crippen LogP contribution in [0.5, 0.6) is 0 Å². The van der Waals surface area contributed by atoms with E-state index in [1.165, 1.54) is 12.1 Å². The number of rotatable bonds is 6. The summed E-state index contributed by atoms with van der Waals surface area (Å²) in [6, 6.07) is 0.690. The molecule has 1 aromatic rings. The lowest BCUT2D eigenvalue weighted by atomic mass is 10.1. The van der Waals surface area contributed by atoms with Gasteiger partial charge in [0.05, 0.1) is 24.7 Å². The Labute approximate surface area is 115 Å². The molecule has 0 spiro atoms. The van der Waals surface area contributed by atoms with Gasteiger partial charge in [0, 0.05) is 32.4 Å². The fourth-order valence-electron chi connectivity index (χ4n) is 2.98. The smallest absolute Gasteiger partial charge is 0.0951 e. The molecule has 2 heterocycles. The Morgan fingerprint density at radius 1 is 1.53 bits per heavy atom. The number of nitrogens with zero attached hydrogens (tertiary/aromatic N) is 3. The molecule has 0 bridgehead atoms. The summed E-state index contributed by atoms with van der Waals surface area (Å²) in [7, 11) is 1.77. The average Bonchev–Trinajstić information content (AvgIpc) is 3.00. The summed E-state index contributed by atoms with van der Waals surface area (Å²) in [5.41, 5.74) is 7.25. The number of nitrogens with two attached hydrogens (primary N) is 1. The van der Waals surface area contributed by atoms with Crippen LogP contribution >= 0.6 is 0 Å². The van der Waals surface area contributed by atoms with Crippen molar-refractivity contribution in [1.29, 1.82) is 0 Å². The van der Waals surface area contributed by atoms with Gasteiger partial charge in [0.1, 0.15) is 0 Å². The Balaban J connectivity index is 2.10. The second kappa shape index (κ2) is 6.50. The molecule has 1 fully saturated rings. The highest BCUT2D eigenvalue weighted by Crippen LogP contribution is 2.28. The number of imidazole rings is 1. The molecule has 2 rings (SSSR count). The normalized spacial score (nSPS) is 22.3. The van der Waals surface area contributed by atoms with Gasteiger partial charge in [0.25, 0.3) is 0 Å². The Morgan fingerprint density at radius 3 is 2.95 bits per heavy atom. The Kier molecular flexibility index (Phi) is 4.96. The molecule has 5 nitrogen and oxygen atoms in total. The van der Waals surface area contributed by atoms with E-state index in [1.54, 1.807) is 7.11 Å². The van der Waals surface area contributed by atoms with Crippen LogP contribution in [0.25, 0.3) is 0 Å². The van der Waals surface area contributed by atoms with Gasteiger partial charge >= 0.3 is 0 Å². The second-order valence-electron chi connectivity index (χ2n) is 5.68. The summed E-state index contributed by atoms with van der Waals surface area (Å²) >= 11 is 0. The van der Waals surface area contributed by atoms with Crippen LogP contribution in [0.3, 0.4) is 0 Å². The fourth-order valence-corrected chi connectivity index (χ4v) is 2.98. The van der Waals surface area contributed by atoms with Crippen molar-refractivity contribution in [2.75, 3.05) is 33.4 Å². The fraction of sp³-hybridized carbons (Fsp3) is 0.786. The first kappa shape index (κ1) is 14.5. The second-order valence-corrected chi connectivity index (χ2v) is 5.68. The van der Waals surface area contributed by atoms with Crippen molar-refractivity contribution in [3.05, 3.63) is 18.2 Å². The lowest BCUT2D eigenvalue weighted by Gasteiger charge is -2.28. The van der Waals surface area contributed by atoms with Crippen LogP contribution in [0.4, 0.5) is 0 Å². The van der Waals surface area contributed by atoms with Gasteiger partial charge in [-0.1, -0.05) is 0 Å². The molecule has 19 heavy (non-hydrogen) atoms. The van der Waals surface area contributed by atoms with Crippen LogP contribution in [0.2, 0.25) is 0 Å². The minimum atomic E-state index is 0.270. The molecule has 5 heteroatoms. The van der Waals surface area contributed by atoms with Crippen LogP contribution < -0.4 is 5.73 Å². The monoisotopic (exact) mass is 266 g/mol. The van der Waals surface area contributed by atoms with E-state index in [9.17, 15) is 0 Å². The zero-order valence-corrected chi connectivity index (χ0v) is 12.2. The lowest BCUT2D eigenvalue weighted by Crippen LogP contribution is -2.34. The molecule has 108 valence electrons. The molecule has 2 N–H and O–H groups in total. The summed E-state index contributed by atoms with van der Waals surface area (Å²) in [6.07, 6.45) is 5.06. The van der Waals surface area contributed by atoms with Crippen LogP contribution in [-0.2, 0) is 4.74 Å². The molecule has 2 atom stereocenters. The number of methoxy groups -OCH3 is 1. The zero-order valence-electron chi connectivity index (χ0n) is 12.2. The van der Waals surface area contributed by atoms with Gasteiger partial charge in [-0.05, 0) is 32.7 Å². The third kappa shape index (κ3) is 3.16. The molecule has 1 aromatic heterocycles. The van der Waals surface area contributed by atoms with Crippen molar-refractivity contribution in [3.8, 4) is 0 Å². The highest BCUT2D eigenvalue weighted by Gasteiger charge is 2.30. The van der Waals surface area contributed by atoms with Gasteiger partial charge in [-0.3, -0.25) is 4.90 Å². The predicted octanol–water partition coefficient (Wildman–Crippen LogP) is 1.43. The Hall–Kier alpha value is -0.910. The van der Waals surface area contributed by atoms with Crippen LogP contribution in [0.15, 0.2) is 12.5 Å². The van der Waals surface area contributed by atoms with Crippen molar-refractivity contribution in [2.45, 2.75) is 32.4 Å². The van der Waals surface area contributed by atoms with E-state index in [2.05, 4.69) is 28.3 Å². The first-order valence-electron chi connectivity index (χ1n) is 7.12. The van der Waals surface area contributed by atoms with Crippen LogP contribution in [0.1, 0.15) is 38.0 Å². The van der Waals surface area contributed by atoms with E-state index in [0.29, 0.717) is 18.5 Å². The maximum absolute atomic E-state index is 6.02. The molecule has 1 aliphatic rings. The first-order valence-corrected chi connectivity index (χ1v) is 7.12. The van der Waals surface area contributed by atoms with Crippen LogP contribution in [0, 0.1) is 5.92 Å². The molecule has 0 saturated carbocycles. The van der Waals surface area contributed by atoms with E-state index in [4.69, 9.17) is 10.5 Å². The van der Waals surface area contributed by atoms with Gasteiger partial charge in [-0.15, -0.1) is 0 Å². The molecule has 0 aliphatic carbocycles. The molecular weight excluding hydrogens is 240 g/mol. The Morgan fingerprint density at radius 2 is 2.32 bits per heavy atom. The lowest BCUT2D eigenvalue weighted by molar-refractivity contribution is 0.146. The third-order valence-corrected chi connectivity index (χ3v) is 3.98. The standard InChI is InChI=1S/C14H26N4O/c1-11(2)18-10-16-7-14(18)13(6-15)17-5-4-12(8-17)9-19-3/h7,10-13H,4-6,8-9,15H2,1-3H3. The van der Waals surface area contributed by atoms with E-state index in [1.807, 2.05) is 12.5 Å². The van der Waals surface area contributed by atoms with Crippen molar-refractivity contribution in [3.63, 3.8) is 0 Å². The number of hydrogen-bond donors (Lipinski definition) is 1. The van der Waals surface area contributed by atoms with E-state index in [0.717, 1.165) is 19.7 Å². The Bertz CT molecular complexity index is 391. The SMILES string of the molecule is COCC1CCN(C(CN)c2cncn2C(C)C)C1. The highest BCUT2D eigenvalue weighted by atomic mass is 16.5. The first-order chi connectivity index (χ1) is 9.17. The minimum Gasteiger partial charge on any atom is -0.384 e. The van der Waals surface area contributed by atoms with Gasteiger partial charge in [0.15, 0.2) is 0 Å². The zero-order chi connectivity index (χ0) is 13.8. The summed E-state index contributed by atoms with van der Waals surface area (Å²) in [5, 5.41) is 0. The molecule has 0 amide bonds. The molecule has 1 saturated heterocycles. The van der Waals surface area contributed by atoms with E-state index in [-0.39, 0.29) is 6.04 Å². The van der Waals surface area contributed by atoms with Crippen molar-refractivity contribution in [2.24, 2.45) is 11.7 Å².